The molecule has 8 heteroatoms. The second-order valence-electron chi connectivity index (χ2n) is 7.21. The molecule has 0 aromatic heterocycles. The lowest BCUT2D eigenvalue weighted by atomic mass is 9.98. The van der Waals surface area contributed by atoms with Gasteiger partial charge in [-0.3, -0.25) is 14.4 Å². The van der Waals surface area contributed by atoms with Gasteiger partial charge in [0.15, 0.2) is 6.61 Å². The minimum absolute atomic E-state index is 0.134. The molecule has 0 heterocycles. The molecule has 2 amide bonds. The lowest BCUT2D eigenvalue weighted by Gasteiger charge is -2.22. The molecule has 156 valence electrons. The molecule has 1 aromatic carbocycles. The Morgan fingerprint density at radius 3 is 2.52 bits per heavy atom. The summed E-state index contributed by atoms with van der Waals surface area (Å²) in [4.78, 5) is 35.8. The molecule has 2 rings (SSSR count). The van der Waals surface area contributed by atoms with Gasteiger partial charge in [-0.25, -0.2) is 0 Å². The third kappa shape index (κ3) is 7.11. The van der Waals surface area contributed by atoms with Crippen LogP contribution in [0.15, 0.2) is 24.3 Å². The van der Waals surface area contributed by atoms with Crippen molar-refractivity contribution in [2.75, 3.05) is 19.8 Å². The topological polar surface area (TPSA) is 118 Å². The first-order valence-corrected chi connectivity index (χ1v) is 9.77. The Morgan fingerprint density at radius 2 is 1.93 bits per heavy atom. The van der Waals surface area contributed by atoms with E-state index in [0.717, 1.165) is 25.7 Å². The first kappa shape index (κ1) is 22.2. The number of nitrogens with one attached hydrogen (secondary N) is 2. The first-order valence-electron chi connectivity index (χ1n) is 9.77. The van der Waals surface area contributed by atoms with E-state index in [0.29, 0.717) is 17.9 Å². The Kier molecular flexibility index (Phi) is 8.01. The number of nitriles is 1. The van der Waals surface area contributed by atoms with Crippen molar-refractivity contribution >= 4 is 17.8 Å². The summed E-state index contributed by atoms with van der Waals surface area (Å²) in [5.74, 6) is -0.902. The van der Waals surface area contributed by atoms with Crippen molar-refractivity contribution in [3.05, 3.63) is 29.8 Å². The molecular formula is C21H27N3O5. The first-order chi connectivity index (χ1) is 13.9. The van der Waals surface area contributed by atoms with Gasteiger partial charge in [0.05, 0.1) is 12.7 Å². The molecule has 0 aliphatic heterocycles. The van der Waals surface area contributed by atoms with Gasteiger partial charge in [-0.2, -0.15) is 5.26 Å². The molecule has 1 fully saturated rings. The van der Waals surface area contributed by atoms with Crippen LogP contribution in [-0.2, 0) is 14.3 Å². The van der Waals surface area contributed by atoms with Crippen LogP contribution in [0.25, 0.3) is 0 Å². The van der Waals surface area contributed by atoms with Gasteiger partial charge in [0.25, 0.3) is 11.8 Å². The van der Waals surface area contributed by atoms with Gasteiger partial charge in [0, 0.05) is 5.56 Å². The molecular weight excluding hydrogens is 374 g/mol. The summed E-state index contributed by atoms with van der Waals surface area (Å²) in [5, 5.41) is 14.3. The largest absolute Gasteiger partial charge is 0.494 e. The van der Waals surface area contributed by atoms with Crippen molar-refractivity contribution in [3.8, 4) is 11.8 Å². The van der Waals surface area contributed by atoms with Crippen molar-refractivity contribution in [3.63, 3.8) is 0 Å². The Balaban J connectivity index is 1.69. The van der Waals surface area contributed by atoms with Crippen molar-refractivity contribution in [1.29, 1.82) is 5.26 Å². The fraction of sp³-hybridized carbons (Fsp3) is 0.524. The molecule has 2 N–H and O–H groups in total. The van der Waals surface area contributed by atoms with Crippen LogP contribution in [0, 0.1) is 17.2 Å². The maximum Gasteiger partial charge on any atom is 0.325 e. The van der Waals surface area contributed by atoms with Gasteiger partial charge in [-0.1, -0.05) is 13.3 Å². The Labute approximate surface area is 170 Å². The molecule has 1 aliphatic rings. The number of amides is 2. The number of esters is 1. The number of unbranched alkanes of at least 4 members (excludes halogenated alkanes) is 1. The Morgan fingerprint density at radius 1 is 1.24 bits per heavy atom. The van der Waals surface area contributed by atoms with Gasteiger partial charge < -0.3 is 20.1 Å². The Bertz CT molecular complexity index is 768. The zero-order valence-corrected chi connectivity index (χ0v) is 16.8. The third-order valence-electron chi connectivity index (χ3n) is 4.67. The highest BCUT2D eigenvalue weighted by molar-refractivity contribution is 5.96. The smallest absolute Gasteiger partial charge is 0.325 e. The molecule has 0 unspecified atom stereocenters. The zero-order valence-electron chi connectivity index (χ0n) is 16.8. The number of hydrogen-bond acceptors (Lipinski definition) is 6. The van der Waals surface area contributed by atoms with E-state index < -0.39 is 29.9 Å². The minimum Gasteiger partial charge on any atom is -0.494 e. The van der Waals surface area contributed by atoms with Crippen LogP contribution in [0.5, 0.6) is 5.75 Å². The molecule has 1 aromatic rings. The van der Waals surface area contributed by atoms with Crippen LogP contribution >= 0.6 is 0 Å². The van der Waals surface area contributed by atoms with Gasteiger partial charge in [0.2, 0.25) is 0 Å². The van der Waals surface area contributed by atoms with Crippen LogP contribution in [-0.4, -0.2) is 43.1 Å². The zero-order chi connectivity index (χ0) is 21.3. The third-order valence-corrected chi connectivity index (χ3v) is 4.67. The summed E-state index contributed by atoms with van der Waals surface area (Å²) in [6.07, 6.45) is 3.78. The molecule has 0 bridgehead atoms. The van der Waals surface area contributed by atoms with Gasteiger partial charge in [-0.05, 0) is 56.4 Å². The van der Waals surface area contributed by atoms with Gasteiger partial charge in [0.1, 0.15) is 17.8 Å². The highest BCUT2D eigenvalue weighted by Crippen LogP contribution is 2.39. The van der Waals surface area contributed by atoms with E-state index >= 15 is 0 Å². The standard InChI is InChI=1S/C21H27N3O5/c1-3-4-11-28-17-9-5-15(6-10-17)20(27)23-12-19(26)29-13-18(25)24-21(2,14-22)16-7-8-16/h5-6,9-10,16H,3-4,7-8,11-13H2,1-2H3,(H,23,27)(H,24,25)/t21-/m1/s1. The van der Waals surface area contributed by atoms with Crippen LogP contribution in [0.2, 0.25) is 0 Å². The maximum absolute atomic E-state index is 12.1. The van der Waals surface area contributed by atoms with Crippen molar-refractivity contribution in [2.24, 2.45) is 5.92 Å². The monoisotopic (exact) mass is 401 g/mol. The fourth-order valence-corrected chi connectivity index (χ4v) is 2.70. The van der Waals surface area contributed by atoms with E-state index in [9.17, 15) is 19.6 Å². The molecule has 0 saturated heterocycles. The highest BCUT2D eigenvalue weighted by atomic mass is 16.5. The van der Waals surface area contributed by atoms with E-state index in [4.69, 9.17) is 9.47 Å². The second kappa shape index (κ2) is 10.5. The molecule has 1 aliphatic carbocycles. The number of hydrogen-bond donors (Lipinski definition) is 2. The summed E-state index contributed by atoms with van der Waals surface area (Å²) in [7, 11) is 0. The lowest BCUT2D eigenvalue weighted by molar-refractivity contribution is -0.147. The number of carbonyl (C=O) groups is 3. The average molecular weight is 401 g/mol. The van der Waals surface area contributed by atoms with Crippen LogP contribution in [0.1, 0.15) is 49.9 Å². The van der Waals surface area contributed by atoms with Gasteiger partial charge in [-0.15, -0.1) is 0 Å². The van der Waals surface area contributed by atoms with E-state index in [1.807, 2.05) is 0 Å². The lowest BCUT2D eigenvalue weighted by Crippen LogP contribution is -2.48. The number of nitrogens with zero attached hydrogens (tertiary/aromatic N) is 1. The highest BCUT2D eigenvalue weighted by Gasteiger charge is 2.43. The van der Waals surface area contributed by atoms with Crippen LogP contribution in [0.3, 0.4) is 0 Å². The predicted molar refractivity (Wildman–Crippen MR) is 105 cm³/mol. The molecule has 1 atom stereocenters. The normalized spacial score (nSPS) is 14.8. The van der Waals surface area contributed by atoms with Crippen molar-refractivity contribution < 1.29 is 23.9 Å². The Hall–Kier alpha value is -3.08. The molecule has 0 radical (unpaired) electrons. The summed E-state index contributed by atoms with van der Waals surface area (Å²) in [6, 6.07) is 8.70. The average Bonchev–Trinajstić information content (AvgIpc) is 3.57. The predicted octanol–water partition coefficient (Wildman–Crippen LogP) is 1.95. The SMILES string of the molecule is CCCCOc1ccc(C(=O)NCC(=O)OCC(=O)N[C@](C)(C#N)C2CC2)cc1. The van der Waals surface area contributed by atoms with E-state index in [2.05, 4.69) is 23.6 Å². The summed E-state index contributed by atoms with van der Waals surface area (Å²) >= 11 is 0. The number of rotatable bonds is 11. The van der Waals surface area contributed by atoms with Crippen molar-refractivity contribution in [2.45, 2.75) is 45.1 Å². The summed E-state index contributed by atoms with van der Waals surface area (Å²) < 4.78 is 10.4. The van der Waals surface area contributed by atoms with Crippen LogP contribution in [0.4, 0.5) is 0 Å². The molecule has 8 nitrogen and oxygen atoms in total. The van der Waals surface area contributed by atoms with E-state index in [1.54, 1.807) is 31.2 Å². The minimum atomic E-state index is -0.940. The number of benzene rings is 1. The quantitative estimate of drug-likeness (QED) is 0.432. The fourth-order valence-electron chi connectivity index (χ4n) is 2.70. The second-order valence-corrected chi connectivity index (χ2v) is 7.21. The molecule has 1 saturated carbocycles. The van der Waals surface area contributed by atoms with Crippen LogP contribution < -0.4 is 15.4 Å². The van der Waals surface area contributed by atoms with Crippen molar-refractivity contribution in [1.82, 2.24) is 10.6 Å². The molecule has 0 spiro atoms. The summed E-state index contributed by atoms with van der Waals surface area (Å²) in [6.45, 7) is 3.49. The number of carbonyl (C=O) groups excluding carboxylic acids is 3. The summed E-state index contributed by atoms with van der Waals surface area (Å²) in [5.41, 5.74) is -0.558. The van der Waals surface area contributed by atoms with Gasteiger partial charge >= 0.3 is 5.97 Å². The van der Waals surface area contributed by atoms with E-state index in [-0.39, 0.29) is 12.5 Å². The van der Waals surface area contributed by atoms with E-state index in [1.165, 1.54) is 0 Å². The maximum atomic E-state index is 12.1. The molecule has 29 heavy (non-hydrogen) atoms. The number of ether oxygens (including phenoxy) is 2.